The number of carbonyl (C=O) groups excluding carboxylic acids is 3. The van der Waals surface area contributed by atoms with Crippen LogP contribution in [0.5, 0.6) is 0 Å². The van der Waals surface area contributed by atoms with Crippen molar-refractivity contribution in [1.82, 2.24) is 10.2 Å². The Morgan fingerprint density at radius 1 is 1.15 bits per heavy atom. The molecule has 2 heterocycles. The molecule has 138 valence electrons. The van der Waals surface area contributed by atoms with Crippen LogP contribution in [0.2, 0.25) is 0 Å². The first-order valence-electron chi connectivity index (χ1n) is 9.50. The second kappa shape index (κ2) is 6.41. The number of hydrogen-bond donors (Lipinski definition) is 1. The molecule has 0 radical (unpaired) electrons. The van der Waals surface area contributed by atoms with Gasteiger partial charge in [0.25, 0.3) is 5.91 Å². The van der Waals surface area contributed by atoms with Gasteiger partial charge in [-0.25, -0.2) is 4.79 Å². The summed E-state index contributed by atoms with van der Waals surface area (Å²) in [6.45, 7) is 2.87. The lowest BCUT2D eigenvalue weighted by Crippen LogP contribution is -2.48. The van der Waals surface area contributed by atoms with E-state index in [4.69, 9.17) is 0 Å². The summed E-state index contributed by atoms with van der Waals surface area (Å²) in [5, 5.41) is 2.94. The van der Waals surface area contributed by atoms with Crippen molar-refractivity contribution in [3.05, 3.63) is 29.8 Å². The molecule has 1 spiro atoms. The summed E-state index contributed by atoms with van der Waals surface area (Å²) in [6, 6.07) is 7.56. The molecule has 2 aliphatic heterocycles. The van der Waals surface area contributed by atoms with Gasteiger partial charge in [0.15, 0.2) is 0 Å². The maximum atomic E-state index is 12.9. The molecule has 1 aromatic carbocycles. The van der Waals surface area contributed by atoms with E-state index < -0.39 is 5.54 Å². The van der Waals surface area contributed by atoms with Gasteiger partial charge in [-0.1, -0.05) is 31.4 Å². The summed E-state index contributed by atoms with van der Waals surface area (Å²) in [5.74, 6) is -0.0554. The van der Waals surface area contributed by atoms with Crippen LogP contribution in [-0.2, 0) is 9.59 Å². The topological polar surface area (TPSA) is 69.7 Å². The van der Waals surface area contributed by atoms with Gasteiger partial charge in [-0.2, -0.15) is 0 Å². The number of nitrogens with one attached hydrogen (secondary N) is 1. The lowest BCUT2D eigenvalue weighted by atomic mass is 9.81. The SMILES string of the molecule is Cc1cccc(N2CC(CN3C(=O)NC4(CCCCC4)C3=O)CC2=O)c1. The molecule has 3 aliphatic rings. The van der Waals surface area contributed by atoms with Crippen LogP contribution in [-0.4, -0.2) is 41.4 Å². The van der Waals surface area contributed by atoms with E-state index in [-0.39, 0.29) is 23.8 Å². The first kappa shape index (κ1) is 17.1. The number of nitrogens with zero attached hydrogens (tertiary/aromatic N) is 2. The van der Waals surface area contributed by atoms with Gasteiger partial charge in [-0.15, -0.1) is 0 Å². The number of urea groups is 1. The second-order valence-corrected chi connectivity index (χ2v) is 7.90. The van der Waals surface area contributed by atoms with Gasteiger partial charge in [0.2, 0.25) is 5.91 Å². The molecule has 4 rings (SSSR count). The molecule has 1 N–H and O–H groups in total. The number of amides is 4. The Kier molecular flexibility index (Phi) is 4.21. The molecule has 1 atom stereocenters. The van der Waals surface area contributed by atoms with Gasteiger partial charge in [-0.3, -0.25) is 14.5 Å². The van der Waals surface area contributed by atoms with Crippen LogP contribution in [0.25, 0.3) is 0 Å². The predicted molar refractivity (Wildman–Crippen MR) is 97.7 cm³/mol. The number of aryl methyl sites for hydroxylation is 1. The van der Waals surface area contributed by atoms with Crippen LogP contribution in [0, 0.1) is 12.8 Å². The minimum Gasteiger partial charge on any atom is -0.323 e. The summed E-state index contributed by atoms with van der Waals surface area (Å²) in [6.07, 6.45) is 4.90. The molecule has 0 aromatic heterocycles. The van der Waals surface area contributed by atoms with Gasteiger partial charge < -0.3 is 10.2 Å². The lowest BCUT2D eigenvalue weighted by Gasteiger charge is -2.30. The van der Waals surface area contributed by atoms with Gasteiger partial charge in [-0.05, 0) is 37.5 Å². The highest BCUT2D eigenvalue weighted by atomic mass is 16.2. The van der Waals surface area contributed by atoms with E-state index in [1.54, 1.807) is 4.90 Å². The third-order valence-electron chi connectivity index (χ3n) is 5.91. The van der Waals surface area contributed by atoms with E-state index in [9.17, 15) is 14.4 Å². The molecule has 3 fully saturated rings. The highest BCUT2D eigenvalue weighted by molar-refractivity contribution is 6.07. The van der Waals surface area contributed by atoms with Crippen LogP contribution in [0.1, 0.15) is 44.1 Å². The number of benzene rings is 1. The van der Waals surface area contributed by atoms with E-state index in [0.29, 0.717) is 19.5 Å². The highest BCUT2D eigenvalue weighted by Crippen LogP contribution is 2.35. The molecule has 1 unspecified atom stereocenters. The van der Waals surface area contributed by atoms with Gasteiger partial charge in [0.1, 0.15) is 5.54 Å². The predicted octanol–water partition coefficient (Wildman–Crippen LogP) is 2.60. The Morgan fingerprint density at radius 2 is 1.92 bits per heavy atom. The van der Waals surface area contributed by atoms with E-state index in [1.807, 2.05) is 31.2 Å². The standard InChI is InChI=1S/C20H25N3O3/c1-14-6-5-7-16(10-14)22-12-15(11-17(22)24)13-23-18(25)20(21-19(23)26)8-3-2-4-9-20/h5-7,10,15H,2-4,8-9,11-13H2,1H3,(H,21,26). The van der Waals surface area contributed by atoms with Crippen molar-refractivity contribution < 1.29 is 14.4 Å². The fraction of sp³-hybridized carbons (Fsp3) is 0.550. The largest absolute Gasteiger partial charge is 0.325 e. The lowest BCUT2D eigenvalue weighted by molar-refractivity contribution is -0.133. The van der Waals surface area contributed by atoms with E-state index in [0.717, 1.165) is 43.4 Å². The van der Waals surface area contributed by atoms with Gasteiger partial charge in [0, 0.05) is 31.1 Å². The first-order valence-corrected chi connectivity index (χ1v) is 9.50. The molecule has 6 heteroatoms. The van der Waals surface area contributed by atoms with Crippen molar-refractivity contribution in [3.63, 3.8) is 0 Å². The monoisotopic (exact) mass is 355 g/mol. The zero-order chi connectivity index (χ0) is 18.3. The maximum absolute atomic E-state index is 12.9. The van der Waals surface area contributed by atoms with Gasteiger partial charge in [0.05, 0.1) is 0 Å². The number of rotatable bonds is 3. The fourth-order valence-electron chi connectivity index (χ4n) is 4.54. The number of anilines is 1. The Balaban J connectivity index is 1.46. The van der Waals surface area contributed by atoms with E-state index in [1.165, 1.54) is 4.90 Å². The second-order valence-electron chi connectivity index (χ2n) is 7.90. The van der Waals surface area contributed by atoms with Crippen molar-refractivity contribution >= 4 is 23.5 Å². The van der Waals surface area contributed by atoms with Crippen molar-refractivity contribution in [1.29, 1.82) is 0 Å². The molecule has 4 amide bonds. The minimum absolute atomic E-state index is 0.0172. The molecule has 1 aliphatic carbocycles. The fourth-order valence-corrected chi connectivity index (χ4v) is 4.54. The Morgan fingerprint density at radius 3 is 2.65 bits per heavy atom. The summed E-state index contributed by atoms with van der Waals surface area (Å²) in [7, 11) is 0. The smallest absolute Gasteiger partial charge is 0.323 e. The average Bonchev–Trinajstić information content (AvgIpc) is 3.09. The molecule has 2 saturated heterocycles. The van der Waals surface area contributed by atoms with Crippen molar-refractivity contribution in [2.24, 2.45) is 5.92 Å². The quantitative estimate of drug-likeness (QED) is 0.848. The molecular formula is C20H25N3O3. The van der Waals surface area contributed by atoms with Gasteiger partial charge >= 0.3 is 6.03 Å². The number of hydrogen-bond acceptors (Lipinski definition) is 3. The zero-order valence-corrected chi connectivity index (χ0v) is 15.2. The molecular weight excluding hydrogens is 330 g/mol. The number of imide groups is 1. The normalized spacial score (nSPS) is 25.3. The molecule has 1 saturated carbocycles. The first-order chi connectivity index (χ1) is 12.5. The van der Waals surface area contributed by atoms with Crippen LogP contribution in [0.4, 0.5) is 10.5 Å². The molecule has 0 bridgehead atoms. The van der Waals surface area contributed by atoms with Crippen molar-refractivity contribution in [3.8, 4) is 0 Å². The summed E-state index contributed by atoms with van der Waals surface area (Å²) < 4.78 is 0. The summed E-state index contributed by atoms with van der Waals surface area (Å²) in [5.41, 5.74) is 1.30. The Bertz CT molecular complexity index is 754. The van der Waals surface area contributed by atoms with E-state index in [2.05, 4.69) is 5.32 Å². The van der Waals surface area contributed by atoms with Crippen molar-refractivity contribution in [2.45, 2.75) is 51.0 Å². The Hall–Kier alpha value is -2.37. The number of carbonyl (C=O) groups is 3. The zero-order valence-electron chi connectivity index (χ0n) is 15.2. The van der Waals surface area contributed by atoms with Crippen LogP contribution in [0.3, 0.4) is 0 Å². The van der Waals surface area contributed by atoms with Crippen LogP contribution >= 0.6 is 0 Å². The molecule has 26 heavy (non-hydrogen) atoms. The molecule has 1 aromatic rings. The van der Waals surface area contributed by atoms with Crippen LogP contribution < -0.4 is 10.2 Å². The third-order valence-corrected chi connectivity index (χ3v) is 5.91. The third kappa shape index (κ3) is 2.87. The van der Waals surface area contributed by atoms with Crippen molar-refractivity contribution in [2.75, 3.05) is 18.0 Å². The Labute approximate surface area is 153 Å². The minimum atomic E-state index is -0.686. The maximum Gasteiger partial charge on any atom is 0.325 e. The summed E-state index contributed by atoms with van der Waals surface area (Å²) in [4.78, 5) is 40.9. The highest BCUT2D eigenvalue weighted by Gasteiger charge is 2.52. The average molecular weight is 355 g/mol. The summed E-state index contributed by atoms with van der Waals surface area (Å²) >= 11 is 0. The van der Waals surface area contributed by atoms with Crippen LogP contribution in [0.15, 0.2) is 24.3 Å². The van der Waals surface area contributed by atoms with E-state index >= 15 is 0 Å². The molecule has 6 nitrogen and oxygen atoms in total.